The Balaban J connectivity index is 1.81. The minimum Gasteiger partial charge on any atom is -0.339 e. The summed E-state index contributed by atoms with van der Waals surface area (Å²) in [6, 6.07) is -0.515. The van der Waals surface area contributed by atoms with Crippen LogP contribution >= 0.6 is 0 Å². The van der Waals surface area contributed by atoms with Crippen molar-refractivity contribution >= 4 is 20.0 Å². The highest BCUT2D eigenvalue weighted by atomic mass is 32.2. The van der Waals surface area contributed by atoms with E-state index in [-0.39, 0.29) is 29.7 Å². The van der Waals surface area contributed by atoms with Crippen molar-refractivity contribution in [1.29, 1.82) is 0 Å². The molecule has 0 spiro atoms. The monoisotopic (exact) mass is 388 g/mol. The van der Waals surface area contributed by atoms with Gasteiger partial charge in [-0.25, -0.2) is 26.8 Å². The van der Waals surface area contributed by atoms with Crippen molar-refractivity contribution in [3.8, 4) is 0 Å². The summed E-state index contributed by atoms with van der Waals surface area (Å²) in [6.45, 7) is 1.87. The number of piperazine rings is 1. The number of rotatable bonds is 4. The molecular weight excluding hydrogens is 368 g/mol. The van der Waals surface area contributed by atoms with Crippen LogP contribution in [0.4, 0.5) is 0 Å². The summed E-state index contributed by atoms with van der Waals surface area (Å²) >= 11 is 0. The molecule has 0 aromatic carbocycles. The number of sulfonamides is 2. The van der Waals surface area contributed by atoms with Crippen LogP contribution in [0.15, 0.2) is 35.1 Å². The summed E-state index contributed by atoms with van der Waals surface area (Å²) in [5.74, 6) is 0. The van der Waals surface area contributed by atoms with Gasteiger partial charge in [-0.3, -0.25) is 0 Å². The molecule has 25 heavy (non-hydrogen) atoms. The van der Waals surface area contributed by atoms with E-state index in [2.05, 4.69) is 9.97 Å². The second kappa shape index (κ2) is 6.20. The molecule has 0 amide bonds. The fourth-order valence-corrected chi connectivity index (χ4v) is 5.84. The van der Waals surface area contributed by atoms with Crippen molar-refractivity contribution in [2.75, 3.05) is 19.6 Å². The number of imidazole rings is 2. The second-order valence-corrected chi connectivity index (χ2v) is 9.80. The SMILES string of the molecule is CC1CN(S(=O)(=O)c2cn(C)cn2)CCN1S(=O)(=O)c1cn(C)cn1. The molecule has 0 radical (unpaired) electrons. The van der Waals surface area contributed by atoms with Crippen LogP contribution in [-0.4, -0.2) is 70.2 Å². The molecule has 1 unspecified atom stereocenters. The molecule has 1 fully saturated rings. The van der Waals surface area contributed by atoms with Gasteiger partial charge in [0, 0.05) is 52.2 Å². The molecule has 1 saturated heterocycles. The van der Waals surface area contributed by atoms with Gasteiger partial charge in [0.1, 0.15) is 0 Å². The number of aryl methyl sites for hydroxylation is 2. The van der Waals surface area contributed by atoms with Gasteiger partial charge in [-0.1, -0.05) is 0 Å². The van der Waals surface area contributed by atoms with Crippen molar-refractivity contribution in [1.82, 2.24) is 27.7 Å². The topological polar surface area (TPSA) is 110 Å². The molecule has 3 heterocycles. The maximum absolute atomic E-state index is 12.7. The third-order valence-electron chi connectivity index (χ3n) is 4.07. The number of aromatic nitrogens is 4. The molecule has 1 aliphatic rings. The molecular formula is C13H20N6O4S2. The molecule has 138 valence electrons. The first kappa shape index (κ1) is 18.0. The molecule has 2 aromatic heterocycles. The predicted molar refractivity (Wildman–Crippen MR) is 88.5 cm³/mol. The Bertz CT molecular complexity index is 978. The van der Waals surface area contributed by atoms with Gasteiger partial charge in [-0.2, -0.15) is 8.61 Å². The van der Waals surface area contributed by atoms with Gasteiger partial charge in [0.15, 0.2) is 10.1 Å². The van der Waals surface area contributed by atoms with Crippen molar-refractivity contribution in [3.05, 3.63) is 25.0 Å². The zero-order valence-corrected chi connectivity index (χ0v) is 15.8. The van der Waals surface area contributed by atoms with E-state index in [1.165, 1.54) is 33.7 Å². The third-order valence-corrected chi connectivity index (χ3v) is 7.72. The fourth-order valence-electron chi connectivity index (χ4n) is 2.78. The van der Waals surface area contributed by atoms with Crippen LogP contribution in [-0.2, 0) is 34.1 Å². The molecule has 0 N–H and O–H groups in total. The van der Waals surface area contributed by atoms with E-state index < -0.39 is 26.1 Å². The van der Waals surface area contributed by atoms with E-state index in [0.717, 1.165) is 0 Å². The summed E-state index contributed by atoms with van der Waals surface area (Å²) in [4.78, 5) is 7.80. The summed E-state index contributed by atoms with van der Waals surface area (Å²) in [7, 11) is -4.13. The lowest BCUT2D eigenvalue weighted by atomic mass is 10.3. The van der Waals surface area contributed by atoms with Crippen molar-refractivity contribution in [2.24, 2.45) is 14.1 Å². The predicted octanol–water partition coefficient (Wildman–Crippen LogP) is -0.763. The molecule has 12 heteroatoms. The van der Waals surface area contributed by atoms with Crippen molar-refractivity contribution in [3.63, 3.8) is 0 Å². The van der Waals surface area contributed by atoms with Crippen molar-refractivity contribution < 1.29 is 16.8 Å². The summed E-state index contributed by atoms with van der Waals surface area (Å²) in [5.41, 5.74) is 0. The van der Waals surface area contributed by atoms with Crippen LogP contribution in [0, 0.1) is 0 Å². The first-order valence-electron chi connectivity index (χ1n) is 7.60. The average molecular weight is 388 g/mol. The van der Waals surface area contributed by atoms with E-state index in [1.807, 2.05) is 0 Å². The Morgan fingerprint density at radius 1 is 0.920 bits per heavy atom. The lowest BCUT2D eigenvalue weighted by Crippen LogP contribution is -2.55. The lowest BCUT2D eigenvalue weighted by Gasteiger charge is -2.37. The minimum atomic E-state index is -3.76. The summed E-state index contributed by atoms with van der Waals surface area (Å²) in [6.07, 6.45) is 5.69. The Morgan fingerprint density at radius 2 is 1.44 bits per heavy atom. The molecule has 3 rings (SSSR count). The van der Waals surface area contributed by atoms with Crippen LogP contribution in [0.5, 0.6) is 0 Å². The molecule has 0 saturated carbocycles. The van der Waals surface area contributed by atoms with Gasteiger partial charge in [0.05, 0.1) is 12.7 Å². The van der Waals surface area contributed by atoms with E-state index in [0.29, 0.717) is 0 Å². The Kier molecular flexibility index (Phi) is 4.47. The highest BCUT2D eigenvalue weighted by Crippen LogP contribution is 2.23. The second-order valence-electron chi connectivity index (χ2n) is 6.08. The smallest absolute Gasteiger partial charge is 0.262 e. The van der Waals surface area contributed by atoms with Gasteiger partial charge in [-0.15, -0.1) is 0 Å². The zero-order valence-electron chi connectivity index (χ0n) is 14.1. The molecule has 1 atom stereocenters. The van der Waals surface area contributed by atoms with Crippen LogP contribution in [0.2, 0.25) is 0 Å². The third kappa shape index (κ3) is 3.21. The highest BCUT2D eigenvalue weighted by molar-refractivity contribution is 7.89. The van der Waals surface area contributed by atoms with E-state index >= 15 is 0 Å². The van der Waals surface area contributed by atoms with Crippen molar-refractivity contribution in [2.45, 2.75) is 23.0 Å². The maximum atomic E-state index is 12.7. The van der Waals surface area contributed by atoms with Crippen LogP contribution in [0.25, 0.3) is 0 Å². The molecule has 0 aliphatic carbocycles. The maximum Gasteiger partial charge on any atom is 0.262 e. The molecule has 10 nitrogen and oxygen atoms in total. The summed E-state index contributed by atoms with van der Waals surface area (Å²) < 4.78 is 56.4. The van der Waals surface area contributed by atoms with E-state index in [1.54, 1.807) is 30.2 Å². The van der Waals surface area contributed by atoms with Crippen LogP contribution in [0.3, 0.4) is 0 Å². The standard InChI is InChI=1S/C13H20N6O4S2/c1-11-6-18(24(20,21)12-7-16(2)9-14-12)4-5-19(11)25(22,23)13-8-17(3)10-15-13/h7-11H,4-6H2,1-3H3. The Hall–Kier alpha value is -1.76. The number of hydrogen-bond donors (Lipinski definition) is 0. The zero-order chi connectivity index (χ0) is 18.4. The Labute approximate surface area is 146 Å². The normalized spacial score (nSPS) is 20.8. The first-order chi connectivity index (χ1) is 11.6. The van der Waals surface area contributed by atoms with Crippen LogP contribution in [0.1, 0.15) is 6.92 Å². The first-order valence-corrected chi connectivity index (χ1v) is 10.5. The number of nitrogens with zero attached hydrogens (tertiary/aromatic N) is 6. The molecule has 2 aromatic rings. The minimum absolute atomic E-state index is 0.0387. The highest BCUT2D eigenvalue weighted by Gasteiger charge is 2.39. The average Bonchev–Trinajstić information content (AvgIpc) is 3.16. The molecule has 0 bridgehead atoms. The number of hydrogen-bond acceptors (Lipinski definition) is 6. The van der Waals surface area contributed by atoms with E-state index in [9.17, 15) is 16.8 Å². The fraction of sp³-hybridized carbons (Fsp3) is 0.538. The van der Waals surface area contributed by atoms with Gasteiger partial charge >= 0.3 is 0 Å². The van der Waals surface area contributed by atoms with Gasteiger partial charge in [0.2, 0.25) is 0 Å². The van der Waals surface area contributed by atoms with Crippen LogP contribution < -0.4 is 0 Å². The largest absolute Gasteiger partial charge is 0.339 e. The molecule has 1 aliphatic heterocycles. The van der Waals surface area contributed by atoms with Gasteiger partial charge in [-0.05, 0) is 6.92 Å². The summed E-state index contributed by atoms with van der Waals surface area (Å²) in [5, 5.41) is -0.0777. The lowest BCUT2D eigenvalue weighted by molar-refractivity contribution is 0.212. The van der Waals surface area contributed by atoms with E-state index in [4.69, 9.17) is 0 Å². The quantitative estimate of drug-likeness (QED) is 0.681. The Morgan fingerprint density at radius 3 is 1.88 bits per heavy atom. The van der Waals surface area contributed by atoms with Gasteiger partial charge < -0.3 is 9.13 Å². The van der Waals surface area contributed by atoms with Gasteiger partial charge in [0.25, 0.3) is 20.0 Å².